The number of sulfonamides is 1. The van der Waals surface area contributed by atoms with Crippen LogP contribution >= 0.6 is 0 Å². The number of anilines is 1. The summed E-state index contributed by atoms with van der Waals surface area (Å²) in [5.74, 6) is -0.812. The maximum Gasteiger partial charge on any atom is 0.255 e. The summed E-state index contributed by atoms with van der Waals surface area (Å²) < 4.78 is 37.3. The Balaban J connectivity index is 3.06. The molecule has 0 radical (unpaired) electrons. The Bertz CT molecular complexity index is 531. The highest BCUT2D eigenvalue weighted by Crippen LogP contribution is 2.18. The van der Waals surface area contributed by atoms with Crippen LogP contribution in [-0.2, 0) is 14.8 Å². The Labute approximate surface area is 106 Å². The molecule has 1 aromatic carbocycles. The van der Waals surface area contributed by atoms with E-state index in [1.807, 2.05) is 0 Å². The van der Waals surface area contributed by atoms with Crippen LogP contribution in [0.4, 0.5) is 10.1 Å². The first-order chi connectivity index (χ1) is 8.41. The van der Waals surface area contributed by atoms with Gasteiger partial charge in [0.05, 0.1) is 4.90 Å². The van der Waals surface area contributed by atoms with Gasteiger partial charge >= 0.3 is 0 Å². The van der Waals surface area contributed by atoms with Crippen LogP contribution in [0, 0.1) is 0 Å². The van der Waals surface area contributed by atoms with Gasteiger partial charge in [0.2, 0.25) is 10.0 Å². The van der Waals surface area contributed by atoms with Crippen molar-refractivity contribution in [3.63, 3.8) is 0 Å². The fourth-order valence-corrected chi connectivity index (χ4v) is 2.50. The standard InChI is InChI=1S/C11H15FN2O3S/c1-3-14(2)18(16,17)10-6-4-5-9(7-10)13-11(15)8-12/h4-7H,3,8H2,1-2H3,(H,13,15). The molecule has 1 rings (SSSR count). The Kier molecular flexibility index (Phi) is 4.80. The number of halogens is 1. The quantitative estimate of drug-likeness (QED) is 0.878. The normalized spacial score (nSPS) is 11.6. The highest BCUT2D eigenvalue weighted by molar-refractivity contribution is 7.89. The number of nitrogens with zero attached hydrogens (tertiary/aromatic N) is 1. The zero-order chi connectivity index (χ0) is 13.8. The molecule has 0 bridgehead atoms. The predicted octanol–water partition coefficient (Wildman–Crippen LogP) is 1.24. The first-order valence-corrected chi connectivity index (χ1v) is 6.78. The molecule has 100 valence electrons. The average molecular weight is 274 g/mol. The lowest BCUT2D eigenvalue weighted by molar-refractivity contribution is -0.117. The summed E-state index contributed by atoms with van der Waals surface area (Å²) in [4.78, 5) is 10.9. The molecule has 1 aromatic rings. The van der Waals surface area contributed by atoms with Crippen molar-refractivity contribution in [2.24, 2.45) is 0 Å². The van der Waals surface area contributed by atoms with Gasteiger partial charge in [0.1, 0.15) is 0 Å². The Morgan fingerprint density at radius 1 is 1.44 bits per heavy atom. The molecular weight excluding hydrogens is 259 g/mol. The van der Waals surface area contributed by atoms with Crippen molar-refractivity contribution < 1.29 is 17.6 Å². The summed E-state index contributed by atoms with van der Waals surface area (Å²) in [6.45, 7) is 0.904. The summed E-state index contributed by atoms with van der Waals surface area (Å²) in [7, 11) is -2.11. The number of carbonyl (C=O) groups excluding carboxylic acids is 1. The minimum Gasteiger partial charge on any atom is -0.324 e. The minimum absolute atomic E-state index is 0.0588. The second-order valence-corrected chi connectivity index (χ2v) is 5.67. The maximum absolute atomic E-state index is 12.1. The van der Waals surface area contributed by atoms with Crippen LogP contribution in [0.2, 0.25) is 0 Å². The Hall–Kier alpha value is -1.47. The van der Waals surface area contributed by atoms with Gasteiger partial charge in [-0.05, 0) is 18.2 Å². The summed E-state index contributed by atoms with van der Waals surface area (Å²) in [6.07, 6.45) is 0. The summed E-state index contributed by atoms with van der Waals surface area (Å²) in [6, 6.07) is 5.71. The van der Waals surface area contributed by atoms with Gasteiger partial charge in [-0.15, -0.1) is 0 Å². The number of rotatable bonds is 5. The van der Waals surface area contributed by atoms with E-state index in [4.69, 9.17) is 0 Å². The molecule has 0 aliphatic rings. The highest BCUT2D eigenvalue weighted by Gasteiger charge is 2.19. The van der Waals surface area contributed by atoms with Gasteiger partial charge in [-0.1, -0.05) is 13.0 Å². The molecule has 7 heteroatoms. The number of nitrogens with one attached hydrogen (secondary N) is 1. The zero-order valence-corrected chi connectivity index (χ0v) is 11.0. The lowest BCUT2D eigenvalue weighted by Crippen LogP contribution is -2.26. The summed E-state index contributed by atoms with van der Waals surface area (Å²) in [5.41, 5.74) is 0.253. The van der Waals surface area contributed by atoms with Crippen LogP contribution in [0.25, 0.3) is 0 Å². The fourth-order valence-electron chi connectivity index (χ4n) is 1.28. The predicted molar refractivity (Wildman–Crippen MR) is 66.5 cm³/mol. The van der Waals surface area contributed by atoms with Gasteiger partial charge in [-0.3, -0.25) is 4.79 Å². The molecule has 18 heavy (non-hydrogen) atoms. The van der Waals surface area contributed by atoms with E-state index in [0.29, 0.717) is 6.54 Å². The maximum atomic E-state index is 12.1. The van der Waals surface area contributed by atoms with Gasteiger partial charge in [0.25, 0.3) is 5.91 Å². The molecule has 0 saturated heterocycles. The molecule has 0 aliphatic carbocycles. The second-order valence-electron chi connectivity index (χ2n) is 3.63. The monoisotopic (exact) mass is 274 g/mol. The second kappa shape index (κ2) is 5.92. The molecule has 0 saturated carbocycles. The Morgan fingerprint density at radius 3 is 2.67 bits per heavy atom. The molecule has 0 fully saturated rings. The number of hydrogen-bond donors (Lipinski definition) is 1. The van der Waals surface area contributed by atoms with Crippen molar-refractivity contribution in [3.05, 3.63) is 24.3 Å². The molecule has 0 atom stereocenters. The van der Waals surface area contributed by atoms with Crippen LogP contribution in [-0.4, -0.2) is 38.9 Å². The largest absolute Gasteiger partial charge is 0.324 e. The van der Waals surface area contributed by atoms with E-state index in [9.17, 15) is 17.6 Å². The molecule has 0 spiro atoms. The third-order valence-corrected chi connectivity index (χ3v) is 4.32. The van der Waals surface area contributed by atoms with Crippen LogP contribution in [0.3, 0.4) is 0 Å². The molecule has 0 aliphatic heterocycles. The lowest BCUT2D eigenvalue weighted by Gasteiger charge is -2.15. The van der Waals surface area contributed by atoms with E-state index in [0.717, 1.165) is 0 Å². The van der Waals surface area contributed by atoms with Crippen LogP contribution in [0.5, 0.6) is 0 Å². The van der Waals surface area contributed by atoms with Crippen molar-refractivity contribution in [1.29, 1.82) is 0 Å². The number of amides is 1. The third kappa shape index (κ3) is 3.27. The first kappa shape index (κ1) is 14.6. The number of alkyl halides is 1. The minimum atomic E-state index is -3.57. The smallest absolute Gasteiger partial charge is 0.255 e. The topological polar surface area (TPSA) is 66.5 Å². The van der Waals surface area contributed by atoms with Gasteiger partial charge < -0.3 is 5.32 Å². The van der Waals surface area contributed by atoms with E-state index < -0.39 is 22.6 Å². The van der Waals surface area contributed by atoms with E-state index >= 15 is 0 Å². The van der Waals surface area contributed by atoms with Crippen LogP contribution in [0.15, 0.2) is 29.2 Å². The van der Waals surface area contributed by atoms with Crippen LogP contribution < -0.4 is 5.32 Å². The van der Waals surface area contributed by atoms with E-state index in [1.54, 1.807) is 6.92 Å². The fraction of sp³-hybridized carbons (Fsp3) is 0.364. The molecule has 1 N–H and O–H groups in total. The molecule has 0 aromatic heterocycles. The number of benzene rings is 1. The third-order valence-electron chi connectivity index (χ3n) is 2.39. The van der Waals surface area contributed by atoms with Crippen molar-refractivity contribution >= 4 is 21.6 Å². The zero-order valence-electron chi connectivity index (χ0n) is 10.2. The summed E-state index contributed by atoms with van der Waals surface area (Å²) >= 11 is 0. The van der Waals surface area contributed by atoms with E-state index in [1.165, 1.54) is 35.6 Å². The number of carbonyl (C=O) groups is 1. The molecule has 0 unspecified atom stereocenters. The molecular formula is C11H15FN2O3S. The van der Waals surface area contributed by atoms with Crippen molar-refractivity contribution in [1.82, 2.24) is 4.31 Å². The number of hydrogen-bond acceptors (Lipinski definition) is 3. The molecule has 0 heterocycles. The summed E-state index contributed by atoms with van der Waals surface area (Å²) in [5, 5.41) is 2.26. The molecule has 1 amide bonds. The van der Waals surface area contributed by atoms with Crippen molar-refractivity contribution in [2.45, 2.75) is 11.8 Å². The SMILES string of the molecule is CCN(C)S(=O)(=O)c1cccc(NC(=O)CF)c1. The Morgan fingerprint density at radius 2 is 2.11 bits per heavy atom. The van der Waals surface area contributed by atoms with Gasteiger partial charge in [-0.2, -0.15) is 0 Å². The van der Waals surface area contributed by atoms with E-state index in [-0.39, 0.29) is 10.6 Å². The van der Waals surface area contributed by atoms with Crippen molar-refractivity contribution in [2.75, 3.05) is 25.6 Å². The van der Waals surface area contributed by atoms with E-state index in [2.05, 4.69) is 5.32 Å². The highest BCUT2D eigenvalue weighted by atomic mass is 32.2. The van der Waals surface area contributed by atoms with Crippen molar-refractivity contribution in [3.8, 4) is 0 Å². The average Bonchev–Trinajstić information content (AvgIpc) is 2.37. The lowest BCUT2D eigenvalue weighted by atomic mass is 10.3. The van der Waals surface area contributed by atoms with Gasteiger partial charge in [0, 0.05) is 19.3 Å². The van der Waals surface area contributed by atoms with Gasteiger partial charge in [0.15, 0.2) is 6.67 Å². The van der Waals surface area contributed by atoms with Gasteiger partial charge in [-0.25, -0.2) is 17.1 Å². The molecule has 5 nitrogen and oxygen atoms in total. The van der Waals surface area contributed by atoms with Crippen LogP contribution in [0.1, 0.15) is 6.92 Å². The first-order valence-electron chi connectivity index (χ1n) is 5.34.